The first-order chi connectivity index (χ1) is 8.27. The Kier molecular flexibility index (Phi) is 2.70. The van der Waals surface area contributed by atoms with Gasteiger partial charge in [-0.2, -0.15) is 0 Å². The largest absolute Gasteiger partial charge is 0.310 e. The third kappa shape index (κ3) is 1.55. The molecule has 3 fully saturated rings. The molecule has 1 heteroatoms. The fraction of sp³-hybridized carbons (Fsp3) is 1.00. The molecular formula is C17H31N. The molecule has 2 bridgehead atoms. The molecule has 0 spiro atoms. The highest BCUT2D eigenvalue weighted by Crippen LogP contribution is 2.65. The van der Waals surface area contributed by atoms with Crippen LogP contribution in [0, 0.1) is 22.2 Å². The lowest BCUT2D eigenvalue weighted by Crippen LogP contribution is -2.51. The Balaban J connectivity index is 1.76. The van der Waals surface area contributed by atoms with Gasteiger partial charge in [-0.15, -0.1) is 0 Å². The van der Waals surface area contributed by atoms with Crippen molar-refractivity contribution in [2.45, 2.75) is 85.2 Å². The van der Waals surface area contributed by atoms with E-state index in [2.05, 4.69) is 39.9 Å². The van der Waals surface area contributed by atoms with Crippen molar-refractivity contribution in [1.82, 2.24) is 5.32 Å². The van der Waals surface area contributed by atoms with E-state index in [9.17, 15) is 0 Å². The Morgan fingerprint density at radius 1 is 0.889 bits per heavy atom. The van der Waals surface area contributed by atoms with Crippen LogP contribution in [-0.4, -0.2) is 12.1 Å². The van der Waals surface area contributed by atoms with Gasteiger partial charge in [-0.3, -0.25) is 0 Å². The van der Waals surface area contributed by atoms with E-state index in [0.717, 1.165) is 18.0 Å². The fourth-order valence-corrected chi connectivity index (χ4v) is 5.33. The average molecular weight is 249 g/mol. The van der Waals surface area contributed by atoms with Gasteiger partial charge in [0.25, 0.3) is 0 Å². The van der Waals surface area contributed by atoms with Crippen molar-refractivity contribution >= 4 is 0 Å². The molecular weight excluding hydrogens is 218 g/mol. The first-order valence-electron chi connectivity index (χ1n) is 8.03. The van der Waals surface area contributed by atoms with Crippen LogP contribution in [0.25, 0.3) is 0 Å². The number of hydrogen-bond donors (Lipinski definition) is 1. The van der Waals surface area contributed by atoms with Crippen molar-refractivity contribution in [2.75, 3.05) is 0 Å². The maximum Gasteiger partial charge on any atom is 0.0132 e. The van der Waals surface area contributed by atoms with E-state index < -0.39 is 0 Å². The second kappa shape index (κ2) is 3.75. The summed E-state index contributed by atoms with van der Waals surface area (Å²) in [6, 6.07) is 1.53. The molecule has 0 aliphatic heterocycles. The Bertz CT molecular complexity index is 344. The van der Waals surface area contributed by atoms with Gasteiger partial charge in [0.2, 0.25) is 0 Å². The highest BCUT2D eigenvalue weighted by Gasteiger charge is 2.61. The molecule has 4 unspecified atom stereocenters. The quantitative estimate of drug-likeness (QED) is 0.766. The molecule has 0 aromatic heterocycles. The molecule has 3 rings (SSSR count). The van der Waals surface area contributed by atoms with Gasteiger partial charge in [0.15, 0.2) is 0 Å². The summed E-state index contributed by atoms with van der Waals surface area (Å²) in [5, 5.41) is 4.10. The molecule has 0 aromatic carbocycles. The lowest BCUT2D eigenvalue weighted by molar-refractivity contribution is 0.104. The standard InChI is InChI=1S/C17H31N/c1-15(2)9-6-7-13(15)18-14-11-12-8-10-17(14,5)16(12,3)4/h12-14,18H,6-11H2,1-5H3. The number of nitrogens with one attached hydrogen (secondary N) is 1. The fourth-order valence-electron chi connectivity index (χ4n) is 5.33. The van der Waals surface area contributed by atoms with Gasteiger partial charge >= 0.3 is 0 Å². The highest BCUT2D eigenvalue weighted by atomic mass is 15.0. The summed E-state index contributed by atoms with van der Waals surface area (Å²) in [4.78, 5) is 0. The Morgan fingerprint density at radius 3 is 2.06 bits per heavy atom. The van der Waals surface area contributed by atoms with Crippen molar-refractivity contribution in [3.63, 3.8) is 0 Å². The molecule has 1 N–H and O–H groups in total. The minimum atomic E-state index is 0.516. The zero-order valence-electron chi connectivity index (χ0n) is 13.0. The molecule has 0 radical (unpaired) electrons. The van der Waals surface area contributed by atoms with Crippen LogP contribution in [0.2, 0.25) is 0 Å². The van der Waals surface area contributed by atoms with Crippen molar-refractivity contribution in [1.29, 1.82) is 0 Å². The molecule has 0 amide bonds. The summed E-state index contributed by atoms with van der Waals surface area (Å²) in [5.41, 5.74) is 1.60. The van der Waals surface area contributed by atoms with Gasteiger partial charge in [-0.25, -0.2) is 0 Å². The van der Waals surface area contributed by atoms with Gasteiger partial charge in [-0.1, -0.05) is 41.0 Å². The molecule has 3 saturated carbocycles. The third-order valence-electron chi connectivity index (χ3n) is 7.45. The molecule has 0 aromatic rings. The van der Waals surface area contributed by atoms with Gasteiger partial charge < -0.3 is 5.32 Å². The second-order valence-corrected chi connectivity index (χ2v) is 8.76. The van der Waals surface area contributed by atoms with Crippen molar-refractivity contribution in [3.8, 4) is 0 Å². The van der Waals surface area contributed by atoms with E-state index in [4.69, 9.17) is 0 Å². The van der Waals surface area contributed by atoms with Crippen LogP contribution in [0.5, 0.6) is 0 Å². The maximum absolute atomic E-state index is 4.10. The molecule has 1 nitrogen and oxygen atoms in total. The molecule has 3 aliphatic rings. The minimum Gasteiger partial charge on any atom is -0.310 e. The Morgan fingerprint density at radius 2 is 1.61 bits per heavy atom. The van der Waals surface area contributed by atoms with Crippen molar-refractivity contribution in [2.24, 2.45) is 22.2 Å². The van der Waals surface area contributed by atoms with Crippen molar-refractivity contribution < 1.29 is 0 Å². The first-order valence-corrected chi connectivity index (χ1v) is 8.03. The zero-order chi connectivity index (χ0) is 13.2. The Hall–Kier alpha value is -0.0400. The average Bonchev–Trinajstić information content (AvgIpc) is 2.76. The van der Waals surface area contributed by atoms with E-state index in [1.807, 2.05) is 0 Å². The van der Waals surface area contributed by atoms with Crippen LogP contribution in [-0.2, 0) is 0 Å². The summed E-state index contributed by atoms with van der Waals surface area (Å²) < 4.78 is 0. The van der Waals surface area contributed by atoms with Crippen LogP contribution in [0.3, 0.4) is 0 Å². The number of hydrogen-bond acceptors (Lipinski definition) is 1. The normalized spacial score (nSPS) is 48.8. The maximum atomic E-state index is 4.10. The van der Waals surface area contributed by atoms with Gasteiger partial charge in [-0.05, 0) is 54.3 Å². The van der Waals surface area contributed by atoms with Crippen LogP contribution in [0.15, 0.2) is 0 Å². The number of fused-ring (bicyclic) bond motifs is 2. The van der Waals surface area contributed by atoms with Crippen LogP contribution in [0.4, 0.5) is 0 Å². The molecule has 18 heavy (non-hydrogen) atoms. The van der Waals surface area contributed by atoms with E-state index in [-0.39, 0.29) is 0 Å². The zero-order valence-corrected chi connectivity index (χ0v) is 13.0. The van der Waals surface area contributed by atoms with Gasteiger partial charge in [0.1, 0.15) is 0 Å². The SMILES string of the molecule is CC1(C)CCCC1NC1CC2CCC1(C)C2(C)C. The summed E-state index contributed by atoms with van der Waals surface area (Å²) in [7, 11) is 0. The first kappa shape index (κ1) is 13.0. The molecule has 0 heterocycles. The highest BCUT2D eigenvalue weighted by molar-refractivity contribution is 5.14. The minimum absolute atomic E-state index is 0.516. The molecule has 3 aliphatic carbocycles. The summed E-state index contributed by atoms with van der Waals surface area (Å²) >= 11 is 0. The summed E-state index contributed by atoms with van der Waals surface area (Å²) in [6.45, 7) is 12.5. The van der Waals surface area contributed by atoms with Crippen LogP contribution in [0.1, 0.15) is 73.1 Å². The van der Waals surface area contributed by atoms with Gasteiger partial charge in [0.05, 0.1) is 0 Å². The number of rotatable bonds is 2. The lowest BCUT2D eigenvalue weighted by atomic mass is 9.69. The van der Waals surface area contributed by atoms with E-state index in [0.29, 0.717) is 16.2 Å². The third-order valence-corrected chi connectivity index (χ3v) is 7.45. The van der Waals surface area contributed by atoms with E-state index >= 15 is 0 Å². The smallest absolute Gasteiger partial charge is 0.0132 e. The molecule has 4 atom stereocenters. The van der Waals surface area contributed by atoms with Gasteiger partial charge in [0, 0.05) is 12.1 Å². The lowest BCUT2D eigenvalue weighted by Gasteiger charge is -2.42. The topological polar surface area (TPSA) is 12.0 Å². The van der Waals surface area contributed by atoms with E-state index in [1.54, 1.807) is 0 Å². The predicted molar refractivity (Wildman–Crippen MR) is 77.6 cm³/mol. The Labute approximate surface area is 113 Å². The van der Waals surface area contributed by atoms with Crippen LogP contribution < -0.4 is 5.32 Å². The van der Waals surface area contributed by atoms with Crippen LogP contribution >= 0.6 is 0 Å². The molecule has 0 saturated heterocycles. The molecule has 104 valence electrons. The monoisotopic (exact) mass is 249 g/mol. The predicted octanol–water partition coefficient (Wildman–Crippen LogP) is 4.37. The van der Waals surface area contributed by atoms with Crippen molar-refractivity contribution in [3.05, 3.63) is 0 Å². The van der Waals surface area contributed by atoms with E-state index in [1.165, 1.54) is 38.5 Å². The second-order valence-electron chi connectivity index (χ2n) is 8.76. The summed E-state index contributed by atoms with van der Waals surface area (Å²) in [5.74, 6) is 0.963. The summed E-state index contributed by atoms with van der Waals surface area (Å²) in [6.07, 6.45) is 8.55.